The highest BCUT2D eigenvalue weighted by atomic mass is 35.5. The zero-order chi connectivity index (χ0) is 17.8. The summed E-state index contributed by atoms with van der Waals surface area (Å²) in [5, 5.41) is 4.60. The number of hydrogen-bond donors (Lipinski definition) is 1. The van der Waals surface area contributed by atoms with Gasteiger partial charge in [-0.15, -0.1) is 0 Å². The number of rotatable bonds is 4. The van der Waals surface area contributed by atoms with Crippen LogP contribution in [0.3, 0.4) is 0 Å². The molecule has 1 amide bonds. The molecule has 0 saturated carbocycles. The van der Waals surface area contributed by atoms with Gasteiger partial charge in [-0.1, -0.05) is 23.7 Å². The molecule has 6 nitrogen and oxygen atoms in total. The third kappa shape index (κ3) is 3.54. The van der Waals surface area contributed by atoms with Crippen molar-refractivity contribution in [2.75, 3.05) is 7.11 Å². The lowest BCUT2D eigenvalue weighted by Crippen LogP contribution is -2.18. The van der Waals surface area contributed by atoms with Crippen LogP contribution in [0.15, 0.2) is 62.8 Å². The monoisotopic (exact) mass is 356 g/mol. The third-order valence-corrected chi connectivity index (χ3v) is 3.90. The van der Waals surface area contributed by atoms with E-state index in [1.807, 2.05) is 0 Å². The van der Waals surface area contributed by atoms with Crippen molar-refractivity contribution >= 4 is 34.7 Å². The van der Waals surface area contributed by atoms with Crippen molar-refractivity contribution in [1.29, 1.82) is 0 Å². The fourth-order valence-corrected chi connectivity index (χ4v) is 2.48. The van der Waals surface area contributed by atoms with E-state index in [-0.39, 0.29) is 10.6 Å². The Bertz CT molecular complexity index is 1010. The minimum atomic E-state index is -0.633. The van der Waals surface area contributed by atoms with Gasteiger partial charge >= 0.3 is 5.63 Å². The summed E-state index contributed by atoms with van der Waals surface area (Å²) in [6.07, 6.45) is 1.17. The van der Waals surface area contributed by atoms with E-state index in [1.54, 1.807) is 48.5 Å². The lowest BCUT2D eigenvalue weighted by molar-refractivity contribution is 0.0955. The first kappa shape index (κ1) is 16.7. The number of fused-ring (bicyclic) bond motifs is 1. The van der Waals surface area contributed by atoms with Crippen LogP contribution in [0.2, 0.25) is 5.02 Å². The van der Waals surface area contributed by atoms with Crippen LogP contribution in [0.25, 0.3) is 11.0 Å². The van der Waals surface area contributed by atoms with Crippen LogP contribution in [-0.4, -0.2) is 19.2 Å². The Hall–Kier alpha value is -3.12. The Balaban J connectivity index is 1.81. The number of hydrazone groups is 1. The highest BCUT2D eigenvalue weighted by molar-refractivity contribution is 6.37. The van der Waals surface area contributed by atoms with Crippen molar-refractivity contribution in [2.24, 2.45) is 5.10 Å². The zero-order valence-corrected chi connectivity index (χ0v) is 13.9. The minimum Gasteiger partial charge on any atom is -0.497 e. The van der Waals surface area contributed by atoms with Gasteiger partial charge in [-0.25, -0.2) is 10.2 Å². The standard InChI is InChI=1S/C18H13ClN2O4/c1-24-12-8-6-11(7-9-12)17(22)21-20-10-14-16(19)13-4-2-3-5-15(13)25-18(14)23/h2-10H,1H3,(H,21,22)/b20-10+. The number of hydrogen-bond acceptors (Lipinski definition) is 5. The Morgan fingerprint density at radius 3 is 2.64 bits per heavy atom. The molecule has 0 radical (unpaired) electrons. The maximum Gasteiger partial charge on any atom is 0.346 e. The Kier molecular flexibility index (Phi) is 4.81. The Morgan fingerprint density at radius 1 is 1.20 bits per heavy atom. The fourth-order valence-electron chi connectivity index (χ4n) is 2.20. The zero-order valence-electron chi connectivity index (χ0n) is 13.2. The predicted molar refractivity (Wildman–Crippen MR) is 95.5 cm³/mol. The van der Waals surface area contributed by atoms with Crippen LogP contribution >= 0.6 is 11.6 Å². The molecule has 0 spiro atoms. The number of nitrogens with zero attached hydrogens (tertiary/aromatic N) is 1. The molecule has 3 rings (SSSR count). The van der Waals surface area contributed by atoms with E-state index in [0.29, 0.717) is 22.3 Å². The molecule has 1 aromatic heterocycles. The molecule has 0 fully saturated rings. The first-order valence-electron chi connectivity index (χ1n) is 7.29. The summed E-state index contributed by atoms with van der Waals surface area (Å²) in [4.78, 5) is 24.0. The van der Waals surface area contributed by atoms with Gasteiger partial charge in [0, 0.05) is 10.9 Å². The van der Waals surface area contributed by atoms with Crippen molar-refractivity contribution in [3.05, 3.63) is 75.1 Å². The summed E-state index contributed by atoms with van der Waals surface area (Å²) in [5.41, 5.74) is 2.55. The summed E-state index contributed by atoms with van der Waals surface area (Å²) in [6, 6.07) is 13.4. The van der Waals surface area contributed by atoms with E-state index in [1.165, 1.54) is 13.3 Å². The van der Waals surface area contributed by atoms with Gasteiger partial charge in [-0.2, -0.15) is 5.10 Å². The second-order valence-corrected chi connectivity index (χ2v) is 5.42. The summed E-state index contributed by atoms with van der Waals surface area (Å²) in [7, 11) is 1.54. The van der Waals surface area contributed by atoms with Gasteiger partial charge in [0.25, 0.3) is 5.91 Å². The molecule has 1 N–H and O–H groups in total. The molecule has 0 atom stereocenters. The number of benzene rings is 2. The summed E-state index contributed by atoms with van der Waals surface area (Å²) in [5.74, 6) is 0.209. The fraction of sp³-hybridized carbons (Fsp3) is 0.0556. The molecular weight excluding hydrogens is 344 g/mol. The molecule has 0 unspecified atom stereocenters. The maximum absolute atomic E-state index is 12.0. The van der Waals surface area contributed by atoms with Gasteiger partial charge in [-0.05, 0) is 36.4 Å². The quantitative estimate of drug-likeness (QED) is 0.442. The number of methoxy groups -OCH3 is 1. The predicted octanol–water partition coefficient (Wildman–Crippen LogP) is 3.22. The molecule has 126 valence electrons. The van der Waals surface area contributed by atoms with Gasteiger partial charge in [0.1, 0.15) is 11.3 Å². The van der Waals surface area contributed by atoms with E-state index in [2.05, 4.69) is 10.5 Å². The summed E-state index contributed by atoms with van der Waals surface area (Å²) < 4.78 is 10.2. The second-order valence-electron chi connectivity index (χ2n) is 5.04. The first-order valence-corrected chi connectivity index (χ1v) is 7.67. The van der Waals surface area contributed by atoms with E-state index in [0.717, 1.165) is 0 Å². The average molecular weight is 357 g/mol. The lowest BCUT2D eigenvalue weighted by atomic mass is 10.2. The molecule has 2 aromatic carbocycles. The Labute approximate surface area is 147 Å². The molecular formula is C18H13ClN2O4. The van der Waals surface area contributed by atoms with Crippen LogP contribution in [0, 0.1) is 0 Å². The highest BCUT2D eigenvalue weighted by Gasteiger charge is 2.11. The van der Waals surface area contributed by atoms with Crippen LogP contribution < -0.4 is 15.8 Å². The van der Waals surface area contributed by atoms with Gasteiger partial charge in [0.2, 0.25) is 0 Å². The number of nitrogens with one attached hydrogen (secondary N) is 1. The molecule has 0 aliphatic carbocycles. The van der Waals surface area contributed by atoms with Crippen molar-refractivity contribution in [3.63, 3.8) is 0 Å². The van der Waals surface area contributed by atoms with Crippen LogP contribution in [-0.2, 0) is 0 Å². The number of carbonyl (C=O) groups excluding carboxylic acids is 1. The number of para-hydroxylation sites is 1. The molecule has 0 saturated heterocycles. The third-order valence-electron chi connectivity index (χ3n) is 3.49. The topological polar surface area (TPSA) is 80.9 Å². The molecule has 7 heteroatoms. The number of halogens is 1. The Morgan fingerprint density at radius 2 is 1.92 bits per heavy atom. The lowest BCUT2D eigenvalue weighted by Gasteiger charge is -2.03. The van der Waals surface area contributed by atoms with Gasteiger partial charge < -0.3 is 9.15 Å². The second kappa shape index (κ2) is 7.19. The van der Waals surface area contributed by atoms with E-state index in [4.69, 9.17) is 20.8 Å². The normalized spacial score (nSPS) is 11.0. The molecule has 0 aliphatic heterocycles. The highest BCUT2D eigenvalue weighted by Crippen LogP contribution is 2.23. The largest absolute Gasteiger partial charge is 0.497 e. The molecule has 3 aromatic rings. The number of amides is 1. The van der Waals surface area contributed by atoms with E-state index in [9.17, 15) is 9.59 Å². The van der Waals surface area contributed by atoms with Crippen LogP contribution in [0.1, 0.15) is 15.9 Å². The SMILES string of the molecule is COc1ccc(C(=O)N/N=C/c2c(Cl)c3ccccc3oc2=O)cc1. The minimum absolute atomic E-state index is 0.0652. The molecule has 0 bridgehead atoms. The van der Waals surface area contributed by atoms with E-state index < -0.39 is 11.5 Å². The van der Waals surface area contributed by atoms with Crippen molar-refractivity contribution in [1.82, 2.24) is 5.43 Å². The average Bonchev–Trinajstić information content (AvgIpc) is 2.64. The number of carbonyl (C=O) groups is 1. The first-order chi connectivity index (χ1) is 12.1. The number of ether oxygens (including phenoxy) is 1. The summed E-state index contributed by atoms with van der Waals surface area (Å²) >= 11 is 6.23. The smallest absolute Gasteiger partial charge is 0.346 e. The van der Waals surface area contributed by atoms with Gasteiger partial charge in [-0.3, -0.25) is 4.79 Å². The van der Waals surface area contributed by atoms with Gasteiger partial charge in [0.15, 0.2) is 0 Å². The van der Waals surface area contributed by atoms with Crippen molar-refractivity contribution < 1.29 is 13.9 Å². The molecule has 25 heavy (non-hydrogen) atoms. The van der Waals surface area contributed by atoms with Crippen molar-refractivity contribution in [2.45, 2.75) is 0 Å². The van der Waals surface area contributed by atoms with Crippen LogP contribution in [0.5, 0.6) is 5.75 Å². The molecule has 0 aliphatic rings. The van der Waals surface area contributed by atoms with Gasteiger partial charge in [0.05, 0.1) is 23.9 Å². The maximum atomic E-state index is 12.0. The molecule has 1 heterocycles. The van der Waals surface area contributed by atoms with E-state index >= 15 is 0 Å². The van der Waals surface area contributed by atoms with Crippen molar-refractivity contribution in [3.8, 4) is 5.75 Å². The summed E-state index contributed by atoms with van der Waals surface area (Å²) in [6.45, 7) is 0. The van der Waals surface area contributed by atoms with Crippen LogP contribution in [0.4, 0.5) is 0 Å².